The van der Waals surface area contributed by atoms with E-state index in [4.69, 9.17) is 9.47 Å². The number of hydrogen-bond donors (Lipinski definition) is 0. The minimum atomic E-state index is -0.448. The van der Waals surface area contributed by atoms with Crippen LogP contribution in [-0.2, 0) is 9.53 Å². The molecule has 5 nitrogen and oxygen atoms in total. The number of halogens is 1. The van der Waals surface area contributed by atoms with Gasteiger partial charge in [-0.1, -0.05) is 6.07 Å². The van der Waals surface area contributed by atoms with Crippen LogP contribution >= 0.6 is 0 Å². The number of hydrogen-bond acceptors (Lipinski definition) is 4. The Morgan fingerprint density at radius 2 is 2.27 bits per heavy atom. The molecule has 0 unspecified atom stereocenters. The van der Waals surface area contributed by atoms with Crippen LogP contribution in [0.2, 0.25) is 0 Å². The van der Waals surface area contributed by atoms with Crippen molar-refractivity contribution in [2.45, 2.75) is 19.1 Å². The number of likely N-dealkylation sites (N-methyl/N-ethyl adjacent to an activating group) is 1. The number of rotatable bonds is 3. The number of nitrogens with zero attached hydrogens (tertiary/aromatic N) is 2. The van der Waals surface area contributed by atoms with Gasteiger partial charge in [0.15, 0.2) is 18.2 Å². The van der Waals surface area contributed by atoms with Gasteiger partial charge >= 0.3 is 0 Å². The van der Waals surface area contributed by atoms with Gasteiger partial charge in [0.2, 0.25) is 0 Å². The predicted octanol–water partition coefficient (Wildman–Crippen LogP) is 1.05. The van der Waals surface area contributed by atoms with Gasteiger partial charge in [0.05, 0.1) is 18.8 Å². The second-order valence-corrected chi connectivity index (χ2v) is 5.98. The van der Waals surface area contributed by atoms with Crippen LogP contribution in [0.25, 0.3) is 0 Å². The zero-order valence-corrected chi connectivity index (χ0v) is 12.9. The molecule has 0 aromatic heterocycles. The normalized spacial score (nSPS) is 25.1. The summed E-state index contributed by atoms with van der Waals surface area (Å²) in [6.07, 6.45) is 0.0680. The van der Waals surface area contributed by atoms with E-state index in [2.05, 4.69) is 4.90 Å². The molecular formula is C16H21FN2O3. The largest absolute Gasteiger partial charge is 0.481 e. The number of likely N-dealkylation sites (tertiary alicyclic amines) is 1. The Kier molecular flexibility index (Phi) is 4.31. The van der Waals surface area contributed by atoms with Crippen molar-refractivity contribution in [3.8, 4) is 5.75 Å². The fraction of sp³-hybridized carbons (Fsp3) is 0.562. The van der Waals surface area contributed by atoms with Crippen molar-refractivity contribution in [2.75, 3.05) is 39.9 Å². The first-order valence-corrected chi connectivity index (χ1v) is 7.53. The maximum atomic E-state index is 13.6. The van der Waals surface area contributed by atoms with Crippen LogP contribution in [0.3, 0.4) is 0 Å². The number of carbonyl (C=O) groups is 1. The third-order valence-electron chi connectivity index (χ3n) is 4.37. The van der Waals surface area contributed by atoms with Crippen molar-refractivity contribution in [1.29, 1.82) is 0 Å². The van der Waals surface area contributed by atoms with Crippen molar-refractivity contribution in [3.63, 3.8) is 0 Å². The first kappa shape index (κ1) is 15.2. The summed E-state index contributed by atoms with van der Waals surface area (Å²) in [6, 6.07) is 4.86. The molecule has 0 aliphatic carbocycles. The molecule has 22 heavy (non-hydrogen) atoms. The van der Waals surface area contributed by atoms with E-state index in [0.29, 0.717) is 19.7 Å². The first-order chi connectivity index (χ1) is 10.5. The number of amides is 1. The molecule has 3 rings (SSSR count). The highest BCUT2D eigenvalue weighted by molar-refractivity contribution is 5.78. The smallest absolute Gasteiger partial charge is 0.260 e. The lowest BCUT2D eigenvalue weighted by Gasteiger charge is -2.33. The molecular weight excluding hydrogens is 287 g/mol. The summed E-state index contributed by atoms with van der Waals surface area (Å²) in [7, 11) is 2.05. The van der Waals surface area contributed by atoms with Gasteiger partial charge in [0.1, 0.15) is 0 Å². The van der Waals surface area contributed by atoms with Crippen molar-refractivity contribution in [3.05, 3.63) is 29.6 Å². The monoisotopic (exact) mass is 308 g/mol. The van der Waals surface area contributed by atoms with Crippen LogP contribution < -0.4 is 4.74 Å². The number of aryl methyl sites for hydroxylation is 1. The predicted molar refractivity (Wildman–Crippen MR) is 79.4 cm³/mol. The van der Waals surface area contributed by atoms with E-state index in [9.17, 15) is 9.18 Å². The number of carbonyl (C=O) groups excluding carboxylic acids is 1. The molecule has 1 aromatic rings. The summed E-state index contributed by atoms with van der Waals surface area (Å²) < 4.78 is 24.7. The molecule has 0 N–H and O–H groups in total. The molecule has 2 heterocycles. The topological polar surface area (TPSA) is 42.0 Å². The highest BCUT2D eigenvalue weighted by Gasteiger charge is 2.40. The van der Waals surface area contributed by atoms with Crippen LogP contribution in [-0.4, -0.2) is 67.7 Å². The van der Waals surface area contributed by atoms with E-state index in [1.165, 1.54) is 6.07 Å². The van der Waals surface area contributed by atoms with Gasteiger partial charge in [-0.3, -0.25) is 9.69 Å². The number of ether oxygens (including phenoxy) is 2. The van der Waals surface area contributed by atoms with Crippen LogP contribution in [0.1, 0.15) is 5.56 Å². The van der Waals surface area contributed by atoms with Gasteiger partial charge in [0.25, 0.3) is 5.91 Å². The molecule has 120 valence electrons. The van der Waals surface area contributed by atoms with E-state index in [-0.39, 0.29) is 30.4 Å². The summed E-state index contributed by atoms with van der Waals surface area (Å²) in [5, 5.41) is 0. The second kappa shape index (κ2) is 6.22. The average molecular weight is 308 g/mol. The molecule has 1 aromatic carbocycles. The second-order valence-electron chi connectivity index (χ2n) is 5.98. The molecule has 6 heteroatoms. The van der Waals surface area contributed by atoms with Crippen LogP contribution in [0, 0.1) is 12.7 Å². The highest BCUT2D eigenvalue weighted by atomic mass is 19.1. The van der Waals surface area contributed by atoms with Crippen LogP contribution in [0.4, 0.5) is 4.39 Å². The zero-order chi connectivity index (χ0) is 15.7. The Labute approximate surface area is 129 Å². The van der Waals surface area contributed by atoms with Gasteiger partial charge in [-0.05, 0) is 31.7 Å². The summed E-state index contributed by atoms with van der Waals surface area (Å²) in [6.45, 7) is 4.50. The van der Waals surface area contributed by atoms with Gasteiger partial charge < -0.3 is 14.4 Å². The van der Waals surface area contributed by atoms with Crippen LogP contribution in [0.15, 0.2) is 18.2 Å². The molecule has 1 amide bonds. The fourth-order valence-electron chi connectivity index (χ4n) is 3.01. The molecule has 0 radical (unpaired) electrons. The highest BCUT2D eigenvalue weighted by Crippen LogP contribution is 2.22. The molecule has 2 atom stereocenters. The zero-order valence-electron chi connectivity index (χ0n) is 12.9. The maximum absolute atomic E-state index is 13.6. The molecule has 0 bridgehead atoms. The fourth-order valence-corrected chi connectivity index (χ4v) is 3.01. The Bertz CT molecular complexity index is 566. The third kappa shape index (κ3) is 3.08. The van der Waals surface area contributed by atoms with E-state index >= 15 is 0 Å². The van der Waals surface area contributed by atoms with Crippen molar-refractivity contribution in [1.82, 2.24) is 9.80 Å². The SMILES string of the molecule is Cc1ccc(F)c(OCC(=O)N2C[C@H]3OCCN(C)[C@H]3C2)c1. The first-order valence-electron chi connectivity index (χ1n) is 7.53. The minimum Gasteiger partial charge on any atom is -0.481 e. The lowest BCUT2D eigenvalue weighted by molar-refractivity contribution is -0.132. The number of morpholine rings is 1. The lowest BCUT2D eigenvalue weighted by atomic mass is 10.1. The molecule has 2 fully saturated rings. The van der Waals surface area contributed by atoms with E-state index in [0.717, 1.165) is 12.1 Å². The molecule has 0 spiro atoms. The maximum Gasteiger partial charge on any atom is 0.260 e. The molecule has 0 saturated carbocycles. The molecule has 2 saturated heterocycles. The molecule has 2 aliphatic heterocycles. The van der Waals surface area contributed by atoms with Crippen molar-refractivity contribution >= 4 is 5.91 Å². The van der Waals surface area contributed by atoms with Gasteiger partial charge in [-0.25, -0.2) is 4.39 Å². The Balaban J connectivity index is 1.58. The standard InChI is InChI=1S/C16H21FN2O3/c1-11-3-4-12(17)14(7-11)22-10-16(20)19-8-13-15(9-19)21-6-5-18(13)2/h3-4,7,13,15H,5-6,8-10H2,1-2H3/t13-,15+/m0/s1. The Morgan fingerprint density at radius 3 is 3.05 bits per heavy atom. The number of benzene rings is 1. The summed E-state index contributed by atoms with van der Waals surface area (Å²) in [5.74, 6) is -0.456. The van der Waals surface area contributed by atoms with E-state index in [1.807, 2.05) is 14.0 Å². The minimum absolute atomic E-state index is 0.0680. The summed E-state index contributed by atoms with van der Waals surface area (Å²) >= 11 is 0. The Hall–Kier alpha value is -1.66. The number of fused-ring (bicyclic) bond motifs is 1. The van der Waals surface area contributed by atoms with E-state index < -0.39 is 5.82 Å². The van der Waals surface area contributed by atoms with Crippen molar-refractivity contribution < 1.29 is 18.7 Å². The van der Waals surface area contributed by atoms with E-state index in [1.54, 1.807) is 17.0 Å². The van der Waals surface area contributed by atoms with Gasteiger partial charge in [-0.15, -0.1) is 0 Å². The summed E-state index contributed by atoms with van der Waals surface area (Å²) in [4.78, 5) is 16.2. The van der Waals surface area contributed by atoms with Crippen molar-refractivity contribution in [2.24, 2.45) is 0 Å². The van der Waals surface area contributed by atoms with Gasteiger partial charge in [-0.2, -0.15) is 0 Å². The van der Waals surface area contributed by atoms with Crippen LogP contribution in [0.5, 0.6) is 5.75 Å². The summed E-state index contributed by atoms with van der Waals surface area (Å²) in [5.41, 5.74) is 0.895. The average Bonchev–Trinajstić information content (AvgIpc) is 2.93. The quantitative estimate of drug-likeness (QED) is 0.837. The molecule has 2 aliphatic rings. The van der Waals surface area contributed by atoms with Gasteiger partial charge in [0, 0.05) is 19.6 Å². The lowest BCUT2D eigenvalue weighted by Crippen LogP contribution is -2.48. The third-order valence-corrected chi connectivity index (χ3v) is 4.37. The Morgan fingerprint density at radius 1 is 1.45 bits per heavy atom.